The van der Waals surface area contributed by atoms with E-state index in [9.17, 15) is 9.90 Å². The number of aliphatic carboxylic acids is 1. The first-order valence-corrected chi connectivity index (χ1v) is 5.02. The maximum Gasteiger partial charge on any atom is 0.333 e. The average Bonchev–Trinajstić information content (AvgIpc) is 2.26. The number of benzene rings is 1. The number of ether oxygens (including phenoxy) is 1. The Bertz CT molecular complexity index is 387. The summed E-state index contributed by atoms with van der Waals surface area (Å²) in [5.41, 5.74) is 1.71. The highest BCUT2D eigenvalue weighted by atomic mass is 16.5. The lowest BCUT2D eigenvalue weighted by Crippen LogP contribution is -2.26. The zero-order valence-electron chi connectivity index (χ0n) is 9.60. The van der Waals surface area contributed by atoms with Crippen LogP contribution in [0.2, 0.25) is 0 Å². The van der Waals surface area contributed by atoms with E-state index >= 15 is 0 Å². The molecule has 0 spiro atoms. The minimum atomic E-state index is -1.42. The predicted molar refractivity (Wildman–Crippen MR) is 59.8 cm³/mol. The number of hydrogen-bond donors (Lipinski definition) is 2. The smallest absolute Gasteiger partial charge is 0.333 e. The van der Waals surface area contributed by atoms with Crippen LogP contribution in [0.25, 0.3) is 0 Å². The van der Waals surface area contributed by atoms with Gasteiger partial charge in [-0.15, -0.1) is 0 Å². The Balaban J connectivity index is 3.10. The molecule has 0 radical (unpaired) electrons. The zero-order valence-corrected chi connectivity index (χ0v) is 9.60. The fourth-order valence-electron chi connectivity index (χ4n) is 1.59. The fraction of sp³-hybridized carbons (Fsp3) is 0.417. The molecular formula is C12H16O4. The van der Waals surface area contributed by atoms with Crippen molar-refractivity contribution < 1.29 is 19.7 Å². The van der Waals surface area contributed by atoms with Gasteiger partial charge in [0.05, 0.1) is 7.11 Å². The van der Waals surface area contributed by atoms with Crippen LogP contribution in [-0.4, -0.2) is 29.4 Å². The Morgan fingerprint density at radius 2 is 2.06 bits per heavy atom. The average molecular weight is 224 g/mol. The molecule has 88 valence electrons. The van der Waals surface area contributed by atoms with Crippen molar-refractivity contribution in [2.75, 3.05) is 7.11 Å². The van der Waals surface area contributed by atoms with Crippen molar-refractivity contribution in [1.82, 2.24) is 0 Å². The molecule has 1 rings (SSSR count). The number of aryl methyl sites for hydroxylation is 1. The standard InChI is InChI=1S/C12H16O4/c1-7-4-5-10(16-3)9(6-7)8(2)11(13)12(14)15/h4-6,8,11,13H,1-3H3,(H,14,15). The fourth-order valence-corrected chi connectivity index (χ4v) is 1.59. The summed E-state index contributed by atoms with van der Waals surface area (Å²) < 4.78 is 5.15. The highest BCUT2D eigenvalue weighted by molar-refractivity contribution is 5.73. The van der Waals surface area contributed by atoms with Crippen molar-refractivity contribution in [2.24, 2.45) is 0 Å². The molecule has 0 saturated carbocycles. The number of carbonyl (C=O) groups is 1. The number of methoxy groups -OCH3 is 1. The molecule has 0 bridgehead atoms. The van der Waals surface area contributed by atoms with E-state index in [4.69, 9.17) is 9.84 Å². The van der Waals surface area contributed by atoms with Crippen LogP contribution in [0.1, 0.15) is 24.0 Å². The summed E-state index contributed by atoms with van der Waals surface area (Å²) in [4.78, 5) is 10.7. The van der Waals surface area contributed by atoms with Gasteiger partial charge in [-0.25, -0.2) is 4.79 Å². The van der Waals surface area contributed by atoms with E-state index in [1.165, 1.54) is 7.11 Å². The summed E-state index contributed by atoms with van der Waals surface area (Å²) in [7, 11) is 1.52. The molecule has 2 N–H and O–H groups in total. The lowest BCUT2D eigenvalue weighted by molar-refractivity contribution is -0.147. The van der Waals surface area contributed by atoms with Crippen LogP contribution in [0.15, 0.2) is 18.2 Å². The Kier molecular flexibility index (Phi) is 3.90. The summed E-state index contributed by atoms with van der Waals surface area (Å²) in [5, 5.41) is 18.3. The molecule has 0 heterocycles. The van der Waals surface area contributed by atoms with Gasteiger partial charge in [-0.05, 0) is 13.0 Å². The van der Waals surface area contributed by atoms with Gasteiger partial charge in [-0.3, -0.25) is 0 Å². The van der Waals surface area contributed by atoms with Crippen LogP contribution in [0, 0.1) is 6.92 Å². The first-order chi connectivity index (χ1) is 7.47. The number of carboxylic acid groups (broad SMARTS) is 1. The van der Waals surface area contributed by atoms with E-state index in [2.05, 4.69) is 0 Å². The minimum absolute atomic E-state index is 0.507. The lowest BCUT2D eigenvalue weighted by Gasteiger charge is -2.18. The van der Waals surface area contributed by atoms with Crippen molar-refractivity contribution in [3.8, 4) is 5.75 Å². The third kappa shape index (κ3) is 2.52. The van der Waals surface area contributed by atoms with E-state index in [-0.39, 0.29) is 0 Å². The van der Waals surface area contributed by atoms with Gasteiger partial charge >= 0.3 is 5.97 Å². The Labute approximate surface area is 94.5 Å². The molecular weight excluding hydrogens is 208 g/mol. The van der Waals surface area contributed by atoms with Crippen molar-refractivity contribution in [3.63, 3.8) is 0 Å². The summed E-state index contributed by atoms with van der Waals surface area (Å²) in [6, 6.07) is 5.48. The van der Waals surface area contributed by atoms with Gasteiger partial charge < -0.3 is 14.9 Å². The van der Waals surface area contributed by atoms with Gasteiger partial charge in [0.1, 0.15) is 5.75 Å². The largest absolute Gasteiger partial charge is 0.496 e. The molecule has 0 aliphatic carbocycles. The van der Waals surface area contributed by atoms with Crippen molar-refractivity contribution >= 4 is 5.97 Å². The highest BCUT2D eigenvalue weighted by Crippen LogP contribution is 2.29. The normalized spacial score (nSPS) is 14.2. The van der Waals surface area contributed by atoms with Crippen molar-refractivity contribution in [3.05, 3.63) is 29.3 Å². The molecule has 1 aromatic carbocycles. The SMILES string of the molecule is COc1ccc(C)cc1C(C)C(O)C(=O)O. The van der Waals surface area contributed by atoms with Crippen LogP contribution in [0.3, 0.4) is 0 Å². The molecule has 16 heavy (non-hydrogen) atoms. The topological polar surface area (TPSA) is 66.8 Å². The molecule has 0 amide bonds. The maximum absolute atomic E-state index is 10.7. The number of carboxylic acids is 1. The quantitative estimate of drug-likeness (QED) is 0.814. The van der Waals surface area contributed by atoms with E-state index < -0.39 is 18.0 Å². The Morgan fingerprint density at radius 3 is 2.56 bits per heavy atom. The van der Waals surface area contributed by atoms with Crippen LogP contribution in [0.5, 0.6) is 5.75 Å². The van der Waals surface area contributed by atoms with E-state index in [1.54, 1.807) is 13.0 Å². The van der Waals surface area contributed by atoms with Crippen molar-refractivity contribution in [1.29, 1.82) is 0 Å². The van der Waals surface area contributed by atoms with Crippen LogP contribution >= 0.6 is 0 Å². The monoisotopic (exact) mass is 224 g/mol. The molecule has 2 unspecified atom stereocenters. The summed E-state index contributed by atoms with van der Waals surface area (Å²) in [6.45, 7) is 3.57. The number of rotatable bonds is 4. The first kappa shape index (κ1) is 12.5. The van der Waals surface area contributed by atoms with Gasteiger partial charge in [0.15, 0.2) is 6.10 Å². The molecule has 4 nitrogen and oxygen atoms in total. The van der Waals surface area contributed by atoms with Crippen LogP contribution in [-0.2, 0) is 4.79 Å². The minimum Gasteiger partial charge on any atom is -0.496 e. The molecule has 0 aromatic heterocycles. The molecule has 0 saturated heterocycles. The second-order valence-corrected chi connectivity index (χ2v) is 3.82. The maximum atomic E-state index is 10.7. The molecule has 0 aliphatic rings. The number of aliphatic hydroxyl groups excluding tert-OH is 1. The van der Waals surface area contributed by atoms with E-state index in [0.717, 1.165) is 5.56 Å². The lowest BCUT2D eigenvalue weighted by atomic mass is 9.93. The van der Waals surface area contributed by atoms with E-state index in [1.807, 2.05) is 19.1 Å². The van der Waals surface area contributed by atoms with Crippen LogP contribution in [0.4, 0.5) is 0 Å². The Hall–Kier alpha value is -1.55. The van der Waals surface area contributed by atoms with Gasteiger partial charge in [-0.2, -0.15) is 0 Å². The number of aliphatic hydroxyl groups is 1. The van der Waals surface area contributed by atoms with Gasteiger partial charge in [0.2, 0.25) is 0 Å². The summed E-state index contributed by atoms with van der Waals surface area (Å²) in [5.74, 6) is -1.14. The number of hydrogen-bond acceptors (Lipinski definition) is 3. The van der Waals surface area contributed by atoms with Gasteiger partial charge in [0.25, 0.3) is 0 Å². The molecule has 1 aromatic rings. The molecule has 4 heteroatoms. The molecule has 2 atom stereocenters. The Morgan fingerprint density at radius 1 is 1.44 bits per heavy atom. The van der Waals surface area contributed by atoms with Gasteiger partial charge in [-0.1, -0.05) is 24.6 Å². The summed E-state index contributed by atoms with van der Waals surface area (Å²) in [6.07, 6.45) is -1.42. The third-order valence-electron chi connectivity index (χ3n) is 2.60. The highest BCUT2D eigenvalue weighted by Gasteiger charge is 2.25. The first-order valence-electron chi connectivity index (χ1n) is 5.02. The van der Waals surface area contributed by atoms with Gasteiger partial charge in [0, 0.05) is 11.5 Å². The second kappa shape index (κ2) is 4.99. The third-order valence-corrected chi connectivity index (χ3v) is 2.60. The van der Waals surface area contributed by atoms with E-state index in [0.29, 0.717) is 11.3 Å². The molecule has 0 aliphatic heterocycles. The predicted octanol–water partition coefficient (Wildman–Crippen LogP) is 1.55. The van der Waals surface area contributed by atoms with Crippen molar-refractivity contribution in [2.45, 2.75) is 25.9 Å². The summed E-state index contributed by atoms with van der Waals surface area (Å²) >= 11 is 0. The second-order valence-electron chi connectivity index (χ2n) is 3.82. The molecule has 0 fully saturated rings. The van der Waals surface area contributed by atoms with Crippen LogP contribution < -0.4 is 4.74 Å². The zero-order chi connectivity index (χ0) is 12.3.